The number of hydrogen-bond acceptors (Lipinski definition) is 4. The third-order valence-corrected chi connectivity index (χ3v) is 3.89. The van der Waals surface area contributed by atoms with Crippen molar-refractivity contribution >= 4 is 0 Å². The molecule has 1 fully saturated rings. The molecule has 102 valence electrons. The second kappa shape index (κ2) is 6.85. The van der Waals surface area contributed by atoms with Crippen LogP contribution < -0.4 is 5.73 Å². The summed E-state index contributed by atoms with van der Waals surface area (Å²) in [6.45, 7) is 2.75. The first kappa shape index (κ1) is 13.5. The molecule has 18 heavy (non-hydrogen) atoms. The smallest absolute Gasteiger partial charge is 0.140 e. The summed E-state index contributed by atoms with van der Waals surface area (Å²) >= 11 is 0. The van der Waals surface area contributed by atoms with Crippen LogP contribution in [0.15, 0.2) is 6.33 Å². The number of nitrogens with zero attached hydrogens (tertiary/aromatic N) is 4. The van der Waals surface area contributed by atoms with Gasteiger partial charge in [-0.05, 0) is 25.8 Å². The highest BCUT2D eigenvalue weighted by Gasteiger charge is 2.21. The molecule has 1 aliphatic carbocycles. The van der Waals surface area contributed by atoms with Gasteiger partial charge in [0.15, 0.2) is 0 Å². The van der Waals surface area contributed by atoms with E-state index in [1.54, 1.807) is 6.33 Å². The van der Waals surface area contributed by atoms with Crippen LogP contribution in [0.4, 0.5) is 0 Å². The zero-order valence-electron chi connectivity index (χ0n) is 11.4. The predicted octanol–water partition coefficient (Wildman–Crippen LogP) is 1.30. The summed E-state index contributed by atoms with van der Waals surface area (Å²) in [4.78, 5) is 6.89. The molecule has 1 aromatic heterocycles. The fraction of sp³-hybridized carbons (Fsp3) is 0.846. The van der Waals surface area contributed by atoms with Gasteiger partial charge in [0.25, 0.3) is 0 Å². The number of nitrogens with two attached hydrogens (primary N) is 1. The molecule has 1 aromatic rings. The van der Waals surface area contributed by atoms with Gasteiger partial charge >= 0.3 is 0 Å². The lowest BCUT2D eigenvalue weighted by Gasteiger charge is -2.33. The molecule has 0 amide bonds. The molecule has 0 bridgehead atoms. The number of aryl methyl sites for hydroxylation is 1. The Morgan fingerprint density at radius 3 is 2.78 bits per heavy atom. The van der Waals surface area contributed by atoms with Gasteiger partial charge in [-0.25, -0.2) is 4.98 Å². The van der Waals surface area contributed by atoms with Crippen LogP contribution in [0.1, 0.15) is 44.3 Å². The fourth-order valence-electron chi connectivity index (χ4n) is 2.78. The molecule has 1 saturated carbocycles. The summed E-state index contributed by atoms with van der Waals surface area (Å²) in [6.07, 6.45) is 9.47. The van der Waals surface area contributed by atoms with Gasteiger partial charge in [-0.15, -0.1) is 0 Å². The van der Waals surface area contributed by atoms with Crippen LogP contribution in [0.5, 0.6) is 0 Å². The van der Waals surface area contributed by atoms with Gasteiger partial charge in [0.2, 0.25) is 0 Å². The standard InChI is InChI=1S/C13H25N5/c1-17-13(15-11-16-17)10-18(9-5-8-14)12-6-3-2-4-7-12/h11-12H,2-10,14H2,1H3. The first-order chi connectivity index (χ1) is 8.81. The van der Waals surface area contributed by atoms with E-state index >= 15 is 0 Å². The maximum absolute atomic E-state index is 5.65. The molecule has 2 N–H and O–H groups in total. The van der Waals surface area contributed by atoms with E-state index in [9.17, 15) is 0 Å². The lowest BCUT2D eigenvalue weighted by atomic mass is 9.94. The highest BCUT2D eigenvalue weighted by Crippen LogP contribution is 2.23. The van der Waals surface area contributed by atoms with Gasteiger partial charge in [0.05, 0.1) is 6.54 Å². The molecule has 0 spiro atoms. The minimum Gasteiger partial charge on any atom is -0.330 e. The third kappa shape index (κ3) is 3.53. The average molecular weight is 251 g/mol. The zero-order valence-corrected chi connectivity index (χ0v) is 11.4. The summed E-state index contributed by atoms with van der Waals surface area (Å²) in [5.74, 6) is 1.05. The lowest BCUT2D eigenvalue weighted by Crippen LogP contribution is -2.38. The normalized spacial score (nSPS) is 17.5. The molecule has 5 heteroatoms. The van der Waals surface area contributed by atoms with E-state index in [-0.39, 0.29) is 0 Å². The Morgan fingerprint density at radius 2 is 2.17 bits per heavy atom. The first-order valence-corrected chi connectivity index (χ1v) is 7.08. The quantitative estimate of drug-likeness (QED) is 0.828. The summed E-state index contributed by atoms with van der Waals surface area (Å²) < 4.78 is 1.87. The van der Waals surface area contributed by atoms with E-state index in [2.05, 4.69) is 15.0 Å². The summed E-state index contributed by atoms with van der Waals surface area (Å²) in [6, 6.07) is 0.710. The van der Waals surface area contributed by atoms with Crippen molar-refractivity contribution in [2.24, 2.45) is 12.8 Å². The Bertz CT molecular complexity index is 343. The van der Waals surface area contributed by atoms with Crippen LogP contribution >= 0.6 is 0 Å². The van der Waals surface area contributed by atoms with Gasteiger partial charge in [0, 0.05) is 19.6 Å². The molecule has 0 atom stereocenters. The zero-order chi connectivity index (χ0) is 12.8. The monoisotopic (exact) mass is 251 g/mol. The third-order valence-electron chi connectivity index (χ3n) is 3.89. The maximum Gasteiger partial charge on any atom is 0.140 e. The fourth-order valence-corrected chi connectivity index (χ4v) is 2.78. The molecule has 0 unspecified atom stereocenters. The second-order valence-electron chi connectivity index (χ2n) is 5.20. The molecule has 0 aliphatic heterocycles. The molecule has 5 nitrogen and oxygen atoms in total. The van der Waals surface area contributed by atoms with E-state index in [0.717, 1.165) is 31.9 Å². The van der Waals surface area contributed by atoms with Gasteiger partial charge in [-0.1, -0.05) is 19.3 Å². The Balaban J connectivity index is 1.97. The van der Waals surface area contributed by atoms with Gasteiger partial charge < -0.3 is 5.73 Å². The molecule has 2 rings (SSSR count). The van der Waals surface area contributed by atoms with Crippen LogP contribution in [0, 0.1) is 0 Å². The summed E-state index contributed by atoms with van der Waals surface area (Å²) in [5, 5.41) is 4.15. The SMILES string of the molecule is Cn1ncnc1CN(CCCN)C1CCCCC1. The molecule has 0 aromatic carbocycles. The van der Waals surface area contributed by atoms with Crippen LogP contribution in [0.2, 0.25) is 0 Å². The van der Waals surface area contributed by atoms with E-state index < -0.39 is 0 Å². The maximum atomic E-state index is 5.65. The molecule has 0 saturated heterocycles. The van der Waals surface area contributed by atoms with Crippen molar-refractivity contribution in [3.05, 3.63) is 12.2 Å². The lowest BCUT2D eigenvalue weighted by molar-refractivity contribution is 0.142. The first-order valence-electron chi connectivity index (χ1n) is 7.08. The van der Waals surface area contributed by atoms with E-state index in [4.69, 9.17) is 5.73 Å². The van der Waals surface area contributed by atoms with E-state index in [0.29, 0.717) is 6.04 Å². The van der Waals surface area contributed by atoms with Crippen molar-refractivity contribution in [3.8, 4) is 0 Å². The minimum absolute atomic E-state index is 0.710. The van der Waals surface area contributed by atoms with Crippen LogP contribution in [0.3, 0.4) is 0 Å². The second-order valence-corrected chi connectivity index (χ2v) is 5.20. The highest BCUT2D eigenvalue weighted by molar-refractivity contribution is 4.86. The Labute approximate surface area is 109 Å². The molecular weight excluding hydrogens is 226 g/mol. The van der Waals surface area contributed by atoms with E-state index in [1.165, 1.54) is 32.1 Å². The van der Waals surface area contributed by atoms with Crippen molar-refractivity contribution in [2.45, 2.75) is 51.1 Å². The van der Waals surface area contributed by atoms with Crippen molar-refractivity contribution in [2.75, 3.05) is 13.1 Å². The summed E-state index contributed by atoms with van der Waals surface area (Å²) in [5.41, 5.74) is 5.65. The average Bonchev–Trinajstić information content (AvgIpc) is 2.81. The molecule has 1 heterocycles. The van der Waals surface area contributed by atoms with E-state index in [1.807, 2.05) is 11.7 Å². The minimum atomic E-state index is 0.710. The molecule has 0 radical (unpaired) electrons. The van der Waals surface area contributed by atoms with Gasteiger partial charge in [0.1, 0.15) is 12.2 Å². The molecular formula is C13H25N5. The van der Waals surface area contributed by atoms with Crippen molar-refractivity contribution in [1.82, 2.24) is 19.7 Å². The largest absolute Gasteiger partial charge is 0.330 e. The van der Waals surface area contributed by atoms with Gasteiger partial charge in [-0.2, -0.15) is 5.10 Å². The van der Waals surface area contributed by atoms with Crippen LogP contribution in [0.25, 0.3) is 0 Å². The van der Waals surface area contributed by atoms with Gasteiger partial charge in [-0.3, -0.25) is 9.58 Å². The topological polar surface area (TPSA) is 60.0 Å². The van der Waals surface area contributed by atoms with Crippen molar-refractivity contribution < 1.29 is 0 Å². The highest BCUT2D eigenvalue weighted by atomic mass is 15.3. The Kier molecular flexibility index (Phi) is 5.13. The number of aromatic nitrogens is 3. The Morgan fingerprint density at radius 1 is 1.39 bits per heavy atom. The number of hydrogen-bond donors (Lipinski definition) is 1. The Hall–Kier alpha value is -0.940. The number of rotatable bonds is 6. The molecule has 1 aliphatic rings. The van der Waals surface area contributed by atoms with Crippen LogP contribution in [-0.2, 0) is 13.6 Å². The van der Waals surface area contributed by atoms with Crippen molar-refractivity contribution in [3.63, 3.8) is 0 Å². The summed E-state index contributed by atoms with van der Waals surface area (Å²) in [7, 11) is 1.96. The predicted molar refractivity (Wildman–Crippen MR) is 72.0 cm³/mol. The van der Waals surface area contributed by atoms with Crippen LogP contribution in [-0.4, -0.2) is 38.8 Å². The van der Waals surface area contributed by atoms with Crippen molar-refractivity contribution in [1.29, 1.82) is 0 Å².